The van der Waals surface area contributed by atoms with Crippen molar-refractivity contribution < 1.29 is 9.47 Å². The molecule has 3 heteroatoms. The molecule has 0 radical (unpaired) electrons. The van der Waals surface area contributed by atoms with Crippen molar-refractivity contribution in [3.63, 3.8) is 0 Å². The summed E-state index contributed by atoms with van der Waals surface area (Å²) in [6, 6.07) is 33.9. The van der Waals surface area contributed by atoms with Gasteiger partial charge in [0.15, 0.2) is 0 Å². The summed E-state index contributed by atoms with van der Waals surface area (Å²) in [6.45, 7) is 0.883. The summed E-state index contributed by atoms with van der Waals surface area (Å²) in [5.74, 6) is 1.68. The van der Waals surface area contributed by atoms with Crippen molar-refractivity contribution >= 4 is 0 Å². The van der Waals surface area contributed by atoms with Crippen LogP contribution in [0.15, 0.2) is 103 Å². The van der Waals surface area contributed by atoms with E-state index in [1.165, 1.54) is 0 Å². The van der Waals surface area contributed by atoms with Crippen LogP contribution in [-0.2, 0) is 13.2 Å². The van der Waals surface area contributed by atoms with Crippen LogP contribution in [0.25, 0.3) is 11.3 Å². The SMILES string of the molecule is c1ccc(OCc2cc(COc3ccccc3)nc(-c3ccccc3)c2)cc1. The van der Waals surface area contributed by atoms with Crippen LogP contribution in [0.5, 0.6) is 11.5 Å². The fourth-order valence-corrected chi connectivity index (χ4v) is 2.92. The number of para-hydroxylation sites is 2. The minimum atomic E-state index is 0.406. The fraction of sp³-hybridized carbons (Fsp3) is 0.0800. The van der Waals surface area contributed by atoms with Crippen LogP contribution in [0.1, 0.15) is 11.3 Å². The van der Waals surface area contributed by atoms with Crippen molar-refractivity contribution in [1.82, 2.24) is 4.98 Å². The highest BCUT2D eigenvalue weighted by molar-refractivity contribution is 5.60. The van der Waals surface area contributed by atoms with Gasteiger partial charge in [0.1, 0.15) is 24.7 Å². The number of pyridine rings is 1. The maximum absolute atomic E-state index is 5.93. The summed E-state index contributed by atoms with van der Waals surface area (Å²) in [4.78, 5) is 4.79. The molecule has 0 amide bonds. The smallest absolute Gasteiger partial charge is 0.130 e. The first kappa shape index (κ1) is 17.8. The summed E-state index contributed by atoms with van der Waals surface area (Å²) >= 11 is 0. The Labute approximate surface area is 165 Å². The molecule has 138 valence electrons. The van der Waals surface area contributed by atoms with Crippen molar-refractivity contribution in [1.29, 1.82) is 0 Å². The van der Waals surface area contributed by atoms with Crippen LogP contribution in [0.3, 0.4) is 0 Å². The van der Waals surface area contributed by atoms with E-state index in [4.69, 9.17) is 14.5 Å². The molecule has 0 saturated heterocycles. The number of benzene rings is 3. The molecule has 4 rings (SSSR count). The number of nitrogens with zero attached hydrogens (tertiary/aromatic N) is 1. The Hall–Kier alpha value is -3.59. The third-order valence-corrected chi connectivity index (χ3v) is 4.29. The lowest BCUT2D eigenvalue weighted by Crippen LogP contribution is -2.03. The molecule has 3 aromatic carbocycles. The molecular formula is C25H21NO2. The lowest BCUT2D eigenvalue weighted by Gasteiger charge is -2.12. The van der Waals surface area contributed by atoms with Gasteiger partial charge in [-0.3, -0.25) is 0 Å². The zero-order chi connectivity index (χ0) is 19.0. The lowest BCUT2D eigenvalue weighted by molar-refractivity contribution is 0.296. The van der Waals surface area contributed by atoms with Gasteiger partial charge in [-0.1, -0.05) is 66.7 Å². The molecular weight excluding hydrogens is 346 g/mol. The van der Waals surface area contributed by atoms with E-state index in [2.05, 4.69) is 18.2 Å². The van der Waals surface area contributed by atoms with Crippen LogP contribution >= 0.6 is 0 Å². The fourth-order valence-electron chi connectivity index (χ4n) is 2.92. The molecule has 0 N–H and O–H groups in total. The standard InChI is InChI=1S/C25H21NO2/c1-4-10-21(11-5-1)25-17-20(18-27-23-12-6-2-7-13-23)16-22(26-25)19-28-24-14-8-3-9-15-24/h1-17H,18-19H2. The van der Waals surface area contributed by atoms with E-state index >= 15 is 0 Å². The summed E-state index contributed by atoms with van der Waals surface area (Å²) in [6.07, 6.45) is 0. The maximum Gasteiger partial charge on any atom is 0.130 e. The second-order valence-corrected chi connectivity index (χ2v) is 6.42. The minimum Gasteiger partial charge on any atom is -0.489 e. The third kappa shape index (κ3) is 4.77. The van der Waals surface area contributed by atoms with Crippen LogP contribution in [0, 0.1) is 0 Å². The lowest BCUT2D eigenvalue weighted by atomic mass is 10.1. The molecule has 0 saturated carbocycles. The molecule has 0 aliphatic heterocycles. The number of hydrogen-bond acceptors (Lipinski definition) is 3. The molecule has 4 aromatic rings. The third-order valence-electron chi connectivity index (χ3n) is 4.29. The Morgan fingerprint density at radius 3 is 1.71 bits per heavy atom. The van der Waals surface area contributed by atoms with Gasteiger partial charge in [-0.05, 0) is 42.0 Å². The number of hydrogen-bond donors (Lipinski definition) is 0. The second-order valence-electron chi connectivity index (χ2n) is 6.42. The maximum atomic E-state index is 5.93. The van der Waals surface area contributed by atoms with Crippen LogP contribution in [0.4, 0.5) is 0 Å². The number of rotatable bonds is 7. The average molecular weight is 367 g/mol. The summed E-state index contributed by atoms with van der Waals surface area (Å²) in [7, 11) is 0. The van der Waals surface area contributed by atoms with E-state index in [-0.39, 0.29) is 0 Å². The van der Waals surface area contributed by atoms with E-state index in [1.54, 1.807) is 0 Å². The molecule has 0 spiro atoms. The summed E-state index contributed by atoms with van der Waals surface area (Å²) in [5.41, 5.74) is 3.92. The Morgan fingerprint density at radius 2 is 1.11 bits per heavy atom. The predicted octanol–water partition coefficient (Wildman–Crippen LogP) is 5.91. The largest absolute Gasteiger partial charge is 0.489 e. The molecule has 3 nitrogen and oxygen atoms in total. The van der Waals surface area contributed by atoms with Crippen molar-refractivity contribution in [3.05, 3.63) is 114 Å². The van der Waals surface area contributed by atoms with Gasteiger partial charge >= 0.3 is 0 Å². The van der Waals surface area contributed by atoms with Crippen molar-refractivity contribution in [2.24, 2.45) is 0 Å². The first-order valence-electron chi connectivity index (χ1n) is 9.28. The van der Waals surface area contributed by atoms with Crippen molar-refractivity contribution in [3.8, 4) is 22.8 Å². The van der Waals surface area contributed by atoms with E-state index in [0.717, 1.165) is 34.0 Å². The van der Waals surface area contributed by atoms with Gasteiger partial charge in [-0.2, -0.15) is 0 Å². The molecule has 1 aromatic heterocycles. The molecule has 1 heterocycles. The van der Waals surface area contributed by atoms with Gasteiger partial charge in [0.05, 0.1) is 11.4 Å². The van der Waals surface area contributed by atoms with Crippen LogP contribution in [0.2, 0.25) is 0 Å². The molecule has 0 atom stereocenters. The zero-order valence-corrected chi connectivity index (χ0v) is 15.5. The average Bonchev–Trinajstić information content (AvgIpc) is 2.78. The predicted molar refractivity (Wildman–Crippen MR) is 111 cm³/mol. The molecule has 0 bridgehead atoms. The van der Waals surface area contributed by atoms with Gasteiger partial charge in [0.2, 0.25) is 0 Å². The Bertz CT molecular complexity index is 941. The monoisotopic (exact) mass is 367 g/mol. The normalized spacial score (nSPS) is 10.4. The Balaban J connectivity index is 1.57. The zero-order valence-electron chi connectivity index (χ0n) is 15.5. The van der Waals surface area contributed by atoms with E-state index in [1.807, 2.05) is 84.9 Å². The molecule has 0 fully saturated rings. The number of ether oxygens (including phenoxy) is 2. The quantitative estimate of drug-likeness (QED) is 0.407. The highest BCUT2D eigenvalue weighted by atomic mass is 16.5. The first-order valence-corrected chi connectivity index (χ1v) is 9.28. The van der Waals surface area contributed by atoms with Gasteiger partial charge in [-0.15, -0.1) is 0 Å². The van der Waals surface area contributed by atoms with Gasteiger partial charge in [0, 0.05) is 5.56 Å². The Morgan fingerprint density at radius 1 is 0.571 bits per heavy atom. The highest BCUT2D eigenvalue weighted by Gasteiger charge is 2.07. The minimum absolute atomic E-state index is 0.406. The van der Waals surface area contributed by atoms with Gasteiger partial charge in [0.25, 0.3) is 0 Å². The highest BCUT2D eigenvalue weighted by Crippen LogP contribution is 2.21. The first-order chi connectivity index (χ1) is 13.9. The number of aromatic nitrogens is 1. The van der Waals surface area contributed by atoms with E-state index in [0.29, 0.717) is 13.2 Å². The summed E-state index contributed by atoms with van der Waals surface area (Å²) in [5, 5.41) is 0. The molecule has 0 aliphatic carbocycles. The Kier molecular flexibility index (Phi) is 5.64. The van der Waals surface area contributed by atoms with Crippen molar-refractivity contribution in [2.75, 3.05) is 0 Å². The second kappa shape index (κ2) is 8.87. The van der Waals surface area contributed by atoms with Crippen LogP contribution in [-0.4, -0.2) is 4.98 Å². The van der Waals surface area contributed by atoms with Crippen LogP contribution < -0.4 is 9.47 Å². The molecule has 0 unspecified atom stereocenters. The molecule has 28 heavy (non-hydrogen) atoms. The topological polar surface area (TPSA) is 31.4 Å². The van der Waals surface area contributed by atoms with Crippen molar-refractivity contribution in [2.45, 2.75) is 13.2 Å². The van der Waals surface area contributed by atoms with Gasteiger partial charge in [-0.25, -0.2) is 4.98 Å². The van der Waals surface area contributed by atoms with E-state index in [9.17, 15) is 0 Å². The van der Waals surface area contributed by atoms with E-state index < -0.39 is 0 Å². The molecule has 0 aliphatic rings. The summed E-state index contributed by atoms with van der Waals surface area (Å²) < 4.78 is 11.8. The van der Waals surface area contributed by atoms with Gasteiger partial charge < -0.3 is 9.47 Å².